The van der Waals surface area contributed by atoms with Gasteiger partial charge in [0, 0.05) is 24.7 Å². The Bertz CT molecular complexity index is 247. The van der Waals surface area contributed by atoms with E-state index < -0.39 is 12.7 Å². The first-order valence-corrected chi connectivity index (χ1v) is 6.64. The third kappa shape index (κ3) is 4.12. The molecule has 0 aromatic carbocycles. The Morgan fingerprint density at radius 2 is 1.78 bits per heavy atom. The Balaban J connectivity index is 2.66. The maximum Gasteiger partial charge on any atom is 0.401 e. The van der Waals surface area contributed by atoms with E-state index in [0.717, 1.165) is 13.0 Å². The number of likely N-dealkylation sites (tertiary alicyclic amines) is 1. The van der Waals surface area contributed by atoms with E-state index in [-0.39, 0.29) is 6.04 Å². The van der Waals surface area contributed by atoms with Crippen molar-refractivity contribution >= 4 is 0 Å². The Morgan fingerprint density at radius 1 is 1.22 bits per heavy atom. The monoisotopic (exact) mass is 266 g/mol. The predicted octanol–water partition coefficient (Wildman–Crippen LogP) is 2.99. The summed E-state index contributed by atoms with van der Waals surface area (Å²) in [6.07, 6.45) is -3.27. The van der Waals surface area contributed by atoms with Gasteiger partial charge in [0.2, 0.25) is 0 Å². The van der Waals surface area contributed by atoms with Gasteiger partial charge in [-0.3, -0.25) is 9.80 Å². The number of nitrogens with zero attached hydrogens (tertiary/aromatic N) is 2. The summed E-state index contributed by atoms with van der Waals surface area (Å²) in [6.45, 7) is 8.45. The predicted molar refractivity (Wildman–Crippen MR) is 67.6 cm³/mol. The molecule has 0 saturated carbocycles. The van der Waals surface area contributed by atoms with Crippen LogP contribution in [-0.2, 0) is 0 Å². The fraction of sp³-hybridized carbons (Fsp3) is 1.00. The lowest BCUT2D eigenvalue weighted by molar-refractivity contribution is -0.147. The molecule has 1 saturated heterocycles. The van der Waals surface area contributed by atoms with Crippen LogP contribution in [0.1, 0.15) is 34.1 Å². The quantitative estimate of drug-likeness (QED) is 0.772. The fourth-order valence-electron chi connectivity index (χ4n) is 2.85. The van der Waals surface area contributed by atoms with Crippen molar-refractivity contribution in [3.63, 3.8) is 0 Å². The molecular formula is C13H25F3N2. The van der Waals surface area contributed by atoms with Crippen LogP contribution in [0.5, 0.6) is 0 Å². The van der Waals surface area contributed by atoms with E-state index in [0.29, 0.717) is 18.0 Å². The maximum atomic E-state index is 12.4. The Morgan fingerprint density at radius 3 is 2.11 bits per heavy atom. The summed E-state index contributed by atoms with van der Waals surface area (Å²) in [5, 5.41) is 0. The van der Waals surface area contributed by atoms with E-state index in [9.17, 15) is 13.2 Å². The molecule has 0 aliphatic carbocycles. The topological polar surface area (TPSA) is 6.48 Å². The number of alkyl halides is 3. The van der Waals surface area contributed by atoms with Crippen LogP contribution < -0.4 is 0 Å². The molecule has 0 bridgehead atoms. The van der Waals surface area contributed by atoms with Crippen LogP contribution in [0.4, 0.5) is 13.2 Å². The van der Waals surface area contributed by atoms with E-state index in [2.05, 4.69) is 32.6 Å². The van der Waals surface area contributed by atoms with Gasteiger partial charge in [-0.25, -0.2) is 0 Å². The van der Waals surface area contributed by atoms with E-state index in [1.54, 1.807) is 7.05 Å². The zero-order valence-corrected chi connectivity index (χ0v) is 12.0. The second kappa shape index (κ2) is 5.78. The molecule has 0 spiro atoms. The zero-order valence-electron chi connectivity index (χ0n) is 12.0. The summed E-state index contributed by atoms with van der Waals surface area (Å²) in [5.74, 6) is 0.483. The molecule has 0 aromatic heterocycles. The van der Waals surface area contributed by atoms with Crippen molar-refractivity contribution in [3.8, 4) is 0 Å². The van der Waals surface area contributed by atoms with Crippen LogP contribution in [0.2, 0.25) is 0 Å². The number of likely N-dealkylation sites (N-methyl/N-ethyl adjacent to an activating group) is 1. The summed E-state index contributed by atoms with van der Waals surface area (Å²) in [7, 11) is 1.58. The molecule has 108 valence electrons. The zero-order chi connectivity index (χ0) is 14.1. The van der Waals surface area contributed by atoms with Crippen molar-refractivity contribution < 1.29 is 13.2 Å². The lowest BCUT2D eigenvalue weighted by atomic mass is 9.99. The third-order valence-electron chi connectivity index (χ3n) is 3.85. The summed E-state index contributed by atoms with van der Waals surface area (Å²) in [5.41, 5.74) is 0. The fourth-order valence-corrected chi connectivity index (χ4v) is 2.85. The largest absolute Gasteiger partial charge is 0.401 e. The third-order valence-corrected chi connectivity index (χ3v) is 3.85. The average molecular weight is 266 g/mol. The highest BCUT2D eigenvalue weighted by Gasteiger charge is 2.39. The van der Waals surface area contributed by atoms with E-state index >= 15 is 0 Å². The van der Waals surface area contributed by atoms with Gasteiger partial charge in [-0.15, -0.1) is 0 Å². The van der Waals surface area contributed by atoms with Gasteiger partial charge >= 0.3 is 6.18 Å². The molecule has 2 atom stereocenters. The van der Waals surface area contributed by atoms with Gasteiger partial charge in [-0.05, 0) is 33.2 Å². The number of hydrogen-bond acceptors (Lipinski definition) is 2. The standard InChI is InChI=1S/C13H25F3N2/c1-9(2)12-6-11(7-18(12)10(3)4)17(5)8-13(14,15)16/h9-12H,6-8H2,1-5H3/t11?,12-/m0/s1. The summed E-state index contributed by atoms with van der Waals surface area (Å²) in [6, 6.07) is 0.800. The molecule has 1 aliphatic heterocycles. The molecule has 0 N–H and O–H groups in total. The summed E-state index contributed by atoms with van der Waals surface area (Å²) in [4.78, 5) is 3.79. The molecule has 1 rings (SSSR count). The number of halogens is 3. The molecule has 5 heteroatoms. The van der Waals surface area contributed by atoms with Crippen molar-refractivity contribution in [1.82, 2.24) is 9.80 Å². The van der Waals surface area contributed by atoms with Gasteiger partial charge in [0.1, 0.15) is 0 Å². The molecule has 1 unspecified atom stereocenters. The van der Waals surface area contributed by atoms with Crippen molar-refractivity contribution in [2.24, 2.45) is 5.92 Å². The minimum atomic E-state index is -4.10. The first kappa shape index (κ1) is 15.8. The lowest BCUT2D eigenvalue weighted by Gasteiger charge is -2.30. The van der Waals surface area contributed by atoms with Crippen molar-refractivity contribution in [2.45, 2.75) is 58.4 Å². The van der Waals surface area contributed by atoms with Crippen molar-refractivity contribution in [2.75, 3.05) is 20.1 Å². The van der Waals surface area contributed by atoms with Gasteiger partial charge < -0.3 is 0 Å². The van der Waals surface area contributed by atoms with Crippen LogP contribution in [0.25, 0.3) is 0 Å². The Labute approximate surface area is 108 Å². The smallest absolute Gasteiger partial charge is 0.296 e. The van der Waals surface area contributed by atoms with Crippen LogP contribution in [0, 0.1) is 5.92 Å². The van der Waals surface area contributed by atoms with E-state index in [4.69, 9.17) is 0 Å². The highest BCUT2D eigenvalue weighted by Crippen LogP contribution is 2.29. The maximum absolute atomic E-state index is 12.4. The lowest BCUT2D eigenvalue weighted by Crippen LogP contribution is -2.42. The Hall–Kier alpha value is -0.290. The molecule has 1 fully saturated rings. The molecule has 1 heterocycles. The molecule has 0 radical (unpaired) electrons. The van der Waals surface area contributed by atoms with Gasteiger partial charge in [0.25, 0.3) is 0 Å². The van der Waals surface area contributed by atoms with E-state index in [1.165, 1.54) is 4.90 Å². The molecule has 0 amide bonds. The number of rotatable bonds is 4. The molecule has 1 aliphatic rings. The Kier molecular flexibility index (Phi) is 5.06. The molecule has 18 heavy (non-hydrogen) atoms. The molecule has 0 aromatic rings. The minimum absolute atomic E-state index is 0.0152. The first-order chi connectivity index (χ1) is 8.11. The SMILES string of the molecule is CC(C)[C@@H]1CC(N(C)CC(F)(F)F)CN1C(C)C. The van der Waals surface area contributed by atoms with Crippen LogP contribution in [-0.4, -0.2) is 54.2 Å². The van der Waals surface area contributed by atoms with Crippen LogP contribution in [0.3, 0.4) is 0 Å². The minimum Gasteiger partial charge on any atom is -0.296 e. The van der Waals surface area contributed by atoms with Gasteiger partial charge in [-0.2, -0.15) is 13.2 Å². The summed E-state index contributed by atoms with van der Waals surface area (Å²) < 4.78 is 37.2. The van der Waals surface area contributed by atoms with Gasteiger partial charge in [0.05, 0.1) is 6.54 Å². The molecular weight excluding hydrogens is 241 g/mol. The average Bonchev–Trinajstić information content (AvgIpc) is 2.58. The second-order valence-electron chi connectivity index (χ2n) is 6.02. The normalized spacial score (nSPS) is 26.8. The first-order valence-electron chi connectivity index (χ1n) is 6.64. The van der Waals surface area contributed by atoms with Crippen molar-refractivity contribution in [1.29, 1.82) is 0 Å². The molecule has 2 nitrogen and oxygen atoms in total. The second-order valence-corrected chi connectivity index (χ2v) is 6.02. The number of hydrogen-bond donors (Lipinski definition) is 0. The highest BCUT2D eigenvalue weighted by atomic mass is 19.4. The summed E-state index contributed by atoms with van der Waals surface area (Å²) >= 11 is 0. The van der Waals surface area contributed by atoms with Gasteiger partial charge in [0.15, 0.2) is 0 Å². The highest BCUT2D eigenvalue weighted by molar-refractivity contribution is 4.93. The van der Waals surface area contributed by atoms with Crippen molar-refractivity contribution in [3.05, 3.63) is 0 Å². The van der Waals surface area contributed by atoms with Gasteiger partial charge in [-0.1, -0.05) is 13.8 Å². The van der Waals surface area contributed by atoms with Crippen LogP contribution >= 0.6 is 0 Å². The van der Waals surface area contributed by atoms with Crippen LogP contribution in [0.15, 0.2) is 0 Å². The van der Waals surface area contributed by atoms with E-state index in [1.807, 2.05) is 0 Å².